The maximum Gasteiger partial charge on any atom is 0.225 e. The van der Waals surface area contributed by atoms with Gasteiger partial charge in [-0.2, -0.15) is 0 Å². The van der Waals surface area contributed by atoms with Crippen LogP contribution in [-0.4, -0.2) is 47.8 Å². The van der Waals surface area contributed by atoms with Crippen LogP contribution >= 0.6 is 0 Å². The Labute approximate surface area is 174 Å². The molecule has 0 heterocycles. The molecule has 1 aliphatic carbocycles. The van der Waals surface area contributed by atoms with Crippen LogP contribution in [0.3, 0.4) is 0 Å². The molecule has 0 radical (unpaired) electrons. The van der Waals surface area contributed by atoms with Gasteiger partial charge in [-0.05, 0) is 51.4 Å². The molecule has 0 atom stereocenters. The quantitative estimate of drug-likeness (QED) is 0.382. The van der Waals surface area contributed by atoms with Gasteiger partial charge in [-0.25, -0.2) is 0 Å². The summed E-state index contributed by atoms with van der Waals surface area (Å²) in [7, 11) is 0. The van der Waals surface area contributed by atoms with Crippen LogP contribution in [-0.2, 0) is 9.59 Å². The van der Waals surface area contributed by atoms with Gasteiger partial charge in [0.1, 0.15) is 0 Å². The molecule has 0 aliphatic heterocycles. The minimum Gasteiger partial charge on any atom is -0.342 e. The molecule has 4 heteroatoms. The summed E-state index contributed by atoms with van der Waals surface area (Å²) in [6.07, 6.45) is 12.4. The Morgan fingerprint density at radius 1 is 0.571 bits per heavy atom. The van der Waals surface area contributed by atoms with E-state index in [1.54, 1.807) is 0 Å². The predicted octanol–water partition coefficient (Wildman–Crippen LogP) is 5.65. The van der Waals surface area contributed by atoms with Crippen molar-refractivity contribution in [2.24, 2.45) is 11.8 Å². The highest BCUT2D eigenvalue weighted by Gasteiger charge is 2.33. The molecule has 0 aromatic carbocycles. The van der Waals surface area contributed by atoms with Gasteiger partial charge in [-0.3, -0.25) is 9.59 Å². The molecule has 0 saturated heterocycles. The molecule has 4 nitrogen and oxygen atoms in total. The standard InChI is InChI=1S/C24H46N2O2/c1-5-9-17-25(18-10-6-2)23(27)21-13-15-22(16-14-21)24(28)26(19-11-7-3)20-12-8-4/h21-22H,5-20H2,1-4H3/t21-,22-. The largest absolute Gasteiger partial charge is 0.342 e. The number of hydrogen-bond acceptors (Lipinski definition) is 2. The fourth-order valence-electron chi connectivity index (χ4n) is 4.16. The summed E-state index contributed by atoms with van der Waals surface area (Å²) in [4.78, 5) is 30.3. The van der Waals surface area contributed by atoms with Gasteiger partial charge in [0.2, 0.25) is 11.8 Å². The van der Waals surface area contributed by atoms with E-state index in [0.29, 0.717) is 11.8 Å². The van der Waals surface area contributed by atoms with Crippen molar-refractivity contribution in [3.05, 3.63) is 0 Å². The van der Waals surface area contributed by atoms with Crippen molar-refractivity contribution in [3.63, 3.8) is 0 Å². The monoisotopic (exact) mass is 394 g/mol. The zero-order valence-electron chi connectivity index (χ0n) is 19.2. The summed E-state index contributed by atoms with van der Waals surface area (Å²) in [5.41, 5.74) is 0. The molecular formula is C24H46N2O2. The molecule has 2 amide bonds. The Balaban J connectivity index is 2.58. The molecule has 1 aliphatic rings. The zero-order chi connectivity index (χ0) is 20.8. The highest BCUT2D eigenvalue weighted by molar-refractivity contribution is 5.81. The fraction of sp³-hybridized carbons (Fsp3) is 0.917. The Morgan fingerprint density at radius 2 is 0.821 bits per heavy atom. The molecule has 0 N–H and O–H groups in total. The smallest absolute Gasteiger partial charge is 0.225 e. The molecule has 0 aromatic rings. The van der Waals surface area contributed by atoms with Crippen LogP contribution in [0.4, 0.5) is 0 Å². The summed E-state index contributed by atoms with van der Waals surface area (Å²) >= 11 is 0. The third-order valence-corrected chi connectivity index (χ3v) is 6.18. The molecule has 28 heavy (non-hydrogen) atoms. The molecule has 0 unspecified atom stereocenters. The van der Waals surface area contributed by atoms with Crippen molar-refractivity contribution < 1.29 is 9.59 Å². The first-order valence-corrected chi connectivity index (χ1v) is 12.2. The maximum absolute atomic E-state index is 13.0. The van der Waals surface area contributed by atoms with Crippen molar-refractivity contribution in [1.82, 2.24) is 9.80 Å². The third kappa shape index (κ3) is 8.53. The van der Waals surface area contributed by atoms with Gasteiger partial charge in [0.15, 0.2) is 0 Å². The van der Waals surface area contributed by atoms with Gasteiger partial charge >= 0.3 is 0 Å². The highest BCUT2D eigenvalue weighted by atomic mass is 16.2. The van der Waals surface area contributed by atoms with E-state index in [-0.39, 0.29) is 11.8 Å². The average molecular weight is 395 g/mol. The van der Waals surface area contributed by atoms with Gasteiger partial charge in [0.05, 0.1) is 0 Å². The zero-order valence-corrected chi connectivity index (χ0v) is 19.2. The van der Waals surface area contributed by atoms with Crippen molar-refractivity contribution in [2.75, 3.05) is 26.2 Å². The SMILES string of the molecule is CCCCN(CCCC)C(=O)[C@H]1CC[C@H](C(=O)N(CCCC)CCCC)CC1. The number of rotatable bonds is 14. The summed E-state index contributed by atoms with van der Waals surface area (Å²) in [6.45, 7) is 12.3. The lowest BCUT2D eigenvalue weighted by molar-refractivity contribution is -0.141. The van der Waals surface area contributed by atoms with Crippen molar-refractivity contribution in [2.45, 2.75) is 105 Å². The van der Waals surface area contributed by atoms with E-state index < -0.39 is 0 Å². The van der Waals surface area contributed by atoms with Gasteiger partial charge in [-0.15, -0.1) is 0 Å². The van der Waals surface area contributed by atoms with E-state index in [1.165, 1.54) is 0 Å². The molecule has 1 saturated carbocycles. The summed E-state index contributed by atoms with van der Waals surface area (Å²) in [5, 5.41) is 0. The van der Waals surface area contributed by atoms with Gasteiger partial charge in [0.25, 0.3) is 0 Å². The fourth-order valence-corrected chi connectivity index (χ4v) is 4.16. The minimum absolute atomic E-state index is 0.137. The van der Waals surface area contributed by atoms with E-state index in [1.807, 2.05) is 0 Å². The second-order valence-electron chi connectivity index (χ2n) is 8.61. The van der Waals surface area contributed by atoms with Crippen molar-refractivity contribution >= 4 is 11.8 Å². The highest BCUT2D eigenvalue weighted by Crippen LogP contribution is 2.31. The van der Waals surface area contributed by atoms with Crippen molar-refractivity contribution in [3.8, 4) is 0 Å². The van der Waals surface area contributed by atoms with E-state index in [9.17, 15) is 9.59 Å². The number of nitrogens with zero attached hydrogens (tertiary/aromatic N) is 2. The topological polar surface area (TPSA) is 40.6 Å². The van der Waals surface area contributed by atoms with Gasteiger partial charge < -0.3 is 9.80 Å². The van der Waals surface area contributed by atoms with E-state index in [0.717, 1.165) is 103 Å². The van der Waals surface area contributed by atoms with Gasteiger partial charge in [-0.1, -0.05) is 53.4 Å². The van der Waals surface area contributed by atoms with Crippen LogP contribution in [0.25, 0.3) is 0 Å². The molecule has 0 bridgehead atoms. The number of hydrogen-bond donors (Lipinski definition) is 0. The summed E-state index contributed by atoms with van der Waals surface area (Å²) in [5.74, 6) is 0.971. The van der Waals surface area contributed by atoms with Crippen LogP contribution in [0.2, 0.25) is 0 Å². The van der Waals surface area contributed by atoms with E-state index in [2.05, 4.69) is 37.5 Å². The molecule has 164 valence electrons. The lowest BCUT2D eigenvalue weighted by atomic mass is 9.80. The Bertz CT molecular complexity index is 374. The normalized spacial score (nSPS) is 19.4. The van der Waals surface area contributed by atoms with Crippen LogP contribution in [0.5, 0.6) is 0 Å². The lowest BCUT2D eigenvalue weighted by Gasteiger charge is -2.34. The first-order chi connectivity index (χ1) is 13.6. The Kier molecular flexibility index (Phi) is 13.3. The van der Waals surface area contributed by atoms with Crippen LogP contribution in [0.15, 0.2) is 0 Å². The summed E-state index contributed by atoms with van der Waals surface area (Å²) < 4.78 is 0. The molecule has 0 aromatic heterocycles. The number of amides is 2. The second-order valence-corrected chi connectivity index (χ2v) is 8.61. The molecule has 1 rings (SSSR count). The van der Waals surface area contributed by atoms with Crippen molar-refractivity contribution in [1.29, 1.82) is 0 Å². The minimum atomic E-state index is 0.137. The second kappa shape index (κ2) is 14.9. The Morgan fingerprint density at radius 3 is 1.04 bits per heavy atom. The van der Waals surface area contributed by atoms with E-state index >= 15 is 0 Å². The number of carbonyl (C=O) groups excluding carboxylic acids is 2. The third-order valence-electron chi connectivity index (χ3n) is 6.18. The Hall–Kier alpha value is -1.06. The lowest BCUT2D eigenvalue weighted by Crippen LogP contribution is -2.42. The number of unbranched alkanes of at least 4 members (excludes halogenated alkanes) is 4. The first-order valence-electron chi connectivity index (χ1n) is 12.2. The van der Waals surface area contributed by atoms with Gasteiger partial charge in [0, 0.05) is 38.0 Å². The first kappa shape index (κ1) is 25.0. The molecule has 0 spiro atoms. The average Bonchev–Trinajstić information content (AvgIpc) is 2.73. The van der Waals surface area contributed by atoms with Crippen LogP contribution in [0.1, 0.15) is 105 Å². The predicted molar refractivity (Wildman–Crippen MR) is 118 cm³/mol. The maximum atomic E-state index is 13.0. The molecule has 1 fully saturated rings. The number of carbonyl (C=O) groups is 2. The summed E-state index contributed by atoms with van der Waals surface area (Å²) in [6, 6.07) is 0. The van der Waals surface area contributed by atoms with E-state index in [4.69, 9.17) is 0 Å². The van der Waals surface area contributed by atoms with Crippen LogP contribution < -0.4 is 0 Å². The van der Waals surface area contributed by atoms with Crippen LogP contribution in [0, 0.1) is 11.8 Å². The molecular weight excluding hydrogens is 348 g/mol.